The van der Waals surface area contributed by atoms with Crippen molar-refractivity contribution in [2.24, 2.45) is 0 Å². The van der Waals surface area contributed by atoms with Crippen LogP contribution in [-0.2, 0) is 24.8 Å². The third-order valence-electron chi connectivity index (χ3n) is 4.85. The molecule has 10 nitrogen and oxygen atoms in total. The summed E-state index contributed by atoms with van der Waals surface area (Å²) in [6.45, 7) is 3.62. The molecule has 0 radical (unpaired) electrons. The van der Waals surface area contributed by atoms with E-state index in [0.717, 1.165) is 0 Å². The van der Waals surface area contributed by atoms with E-state index in [0.29, 0.717) is 38.7 Å². The first-order valence-electron chi connectivity index (χ1n) is 10.4. The molecular weight excluding hydrogens is 470 g/mol. The molecule has 0 aliphatic carbocycles. The van der Waals surface area contributed by atoms with E-state index in [2.05, 4.69) is 10.0 Å². The van der Waals surface area contributed by atoms with Gasteiger partial charge in [-0.25, -0.2) is 16.8 Å². The quantitative estimate of drug-likeness (QED) is 0.505. The molecule has 0 spiro atoms. The molecule has 2 aromatic rings. The average molecular weight is 498 g/mol. The molecule has 2 N–H and O–H groups in total. The zero-order valence-electron chi connectivity index (χ0n) is 18.2. The fraction of sp³-hybridized carbons (Fsp3) is 0.381. The lowest BCUT2D eigenvalue weighted by molar-refractivity contribution is 0.0730. The summed E-state index contributed by atoms with van der Waals surface area (Å²) in [6.07, 6.45) is 0. The Balaban J connectivity index is 1.54. The minimum absolute atomic E-state index is 0.0371. The van der Waals surface area contributed by atoms with Crippen LogP contribution in [-0.4, -0.2) is 72.3 Å². The van der Waals surface area contributed by atoms with Gasteiger partial charge in [0.25, 0.3) is 15.9 Å². The average Bonchev–Trinajstić information content (AvgIpc) is 2.80. The predicted octanol–water partition coefficient (Wildman–Crippen LogP) is 1.28. The molecule has 1 aliphatic heterocycles. The monoisotopic (exact) mass is 497 g/mol. The summed E-state index contributed by atoms with van der Waals surface area (Å²) >= 11 is 0. The van der Waals surface area contributed by atoms with Crippen molar-refractivity contribution in [1.29, 1.82) is 0 Å². The van der Waals surface area contributed by atoms with Crippen LogP contribution in [0.15, 0.2) is 53.4 Å². The minimum Gasteiger partial charge on any atom is -0.494 e. The van der Waals surface area contributed by atoms with Gasteiger partial charge in [0.1, 0.15) is 5.75 Å². The number of nitrogens with zero attached hydrogens (tertiary/aromatic N) is 1. The number of hydrogen-bond acceptors (Lipinski definition) is 7. The Kier molecular flexibility index (Phi) is 8.30. The molecule has 1 aliphatic rings. The topological polar surface area (TPSA) is 131 Å². The molecule has 0 bridgehead atoms. The van der Waals surface area contributed by atoms with Crippen LogP contribution in [0.2, 0.25) is 0 Å². The van der Waals surface area contributed by atoms with Crippen LogP contribution < -0.4 is 14.8 Å². The SMILES string of the molecule is CCOc1ccc(S(=O)(=O)Nc2ccc(C(=O)NCCS(=O)(=O)N3CCOCC3)cc2)cc1. The highest BCUT2D eigenvalue weighted by Gasteiger charge is 2.24. The number of carbonyl (C=O) groups is 1. The second kappa shape index (κ2) is 11.0. The van der Waals surface area contributed by atoms with Crippen LogP contribution >= 0.6 is 0 Å². The summed E-state index contributed by atoms with van der Waals surface area (Å²) in [5, 5.41) is 2.58. The van der Waals surface area contributed by atoms with Gasteiger partial charge in [-0.2, -0.15) is 4.31 Å². The number of sulfonamides is 2. The van der Waals surface area contributed by atoms with Crippen molar-refractivity contribution in [2.75, 3.05) is 49.9 Å². The Bertz CT molecular complexity index is 1140. The van der Waals surface area contributed by atoms with Gasteiger partial charge in [-0.1, -0.05) is 0 Å². The van der Waals surface area contributed by atoms with E-state index in [4.69, 9.17) is 9.47 Å². The maximum absolute atomic E-state index is 12.6. The van der Waals surface area contributed by atoms with E-state index in [1.807, 2.05) is 6.92 Å². The van der Waals surface area contributed by atoms with Gasteiger partial charge in [0.15, 0.2) is 0 Å². The fourth-order valence-corrected chi connectivity index (χ4v) is 5.52. The summed E-state index contributed by atoms with van der Waals surface area (Å²) in [4.78, 5) is 12.4. The fourth-order valence-electron chi connectivity index (χ4n) is 3.13. The number of carbonyl (C=O) groups excluding carboxylic acids is 1. The first-order chi connectivity index (χ1) is 15.7. The van der Waals surface area contributed by atoms with Crippen molar-refractivity contribution in [3.05, 3.63) is 54.1 Å². The maximum atomic E-state index is 12.6. The number of nitrogens with one attached hydrogen (secondary N) is 2. The Morgan fingerprint density at radius 1 is 1.00 bits per heavy atom. The number of ether oxygens (including phenoxy) is 2. The standard InChI is InChI=1S/C21H27N3O7S2/c1-2-31-19-7-9-20(10-8-19)33(28,29)23-18-5-3-17(4-6-18)21(25)22-11-16-32(26,27)24-12-14-30-15-13-24/h3-10,23H,2,11-16H2,1H3,(H,22,25). The van der Waals surface area contributed by atoms with Gasteiger partial charge >= 0.3 is 0 Å². The molecule has 12 heteroatoms. The largest absolute Gasteiger partial charge is 0.494 e. The first-order valence-corrected chi connectivity index (χ1v) is 13.5. The highest BCUT2D eigenvalue weighted by Crippen LogP contribution is 2.20. The van der Waals surface area contributed by atoms with Gasteiger partial charge in [-0.15, -0.1) is 0 Å². The molecule has 1 fully saturated rings. The van der Waals surface area contributed by atoms with Crippen LogP contribution in [0.5, 0.6) is 5.75 Å². The highest BCUT2D eigenvalue weighted by atomic mass is 32.2. The van der Waals surface area contributed by atoms with Gasteiger partial charge in [-0.3, -0.25) is 9.52 Å². The summed E-state index contributed by atoms with van der Waals surface area (Å²) in [5.41, 5.74) is 0.568. The third-order valence-corrected chi connectivity index (χ3v) is 8.12. The smallest absolute Gasteiger partial charge is 0.261 e. The third kappa shape index (κ3) is 6.90. The Hall–Kier alpha value is -2.67. The van der Waals surface area contributed by atoms with Crippen molar-refractivity contribution in [3.8, 4) is 5.75 Å². The summed E-state index contributed by atoms with van der Waals surface area (Å²) in [7, 11) is -7.27. The first kappa shape index (κ1) is 25.0. The molecule has 1 saturated heterocycles. The van der Waals surface area contributed by atoms with E-state index in [-0.39, 0.29) is 28.4 Å². The van der Waals surface area contributed by atoms with E-state index in [9.17, 15) is 21.6 Å². The number of benzene rings is 2. The van der Waals surface area contributed by atoms with E-state index >= 15 is 0 Å². The predicted molar refractivity (Wildman–Crippen MR) is 123 cm³/mol. The Labute approximate surface area is 194 Å². The molecule has 180 valence electrons. The van der Waals surface area contributed by atoms with Crippen molar-refractivity contribution in [1.82, 2.24) is 9.62 Å². The summed E-state index contributed by atoms with van der Waals surface area (Å²) in [6, 6.07) is 11.9. The number of morpholine rings is 1. The molecule has 3 rings (SSSR count). The number of amides is 1. The molecular formula is C21H27N3O7S2. The highest BCUT2D eigenvalue weighted by molar-refractivity contribution is 7.92. The minimum atomic E-state index is -3.81. The molecule has 0 aromatic heterocycles. The molecule has 33 heavy (non-hydrogen) atoms. The summed E-state index contributed by atoms with van der Waals surface area (Å²) in [5.74, 6) is -0.0868. The van der Waals surface area contributed by atoms with Gasteiger partial charge < -0.3 is 14.8 Å². The lowest BCUT2D eigenvalue weighted by Gasteiger charge is -2.26. The Morgan fingerprint density at radius 2 is 1.64 bits per heavy atom. The van der Waals surface area contributed by atoms with Gasteiger partial charge in [0.2, 0.25) is 10.0 Å². The van der Waals surface area contributed by atoms with E-state index in [1.165, 1.54) is 40.7 Å². The van der Waals surface area contributed by atoms with Crippen molar-refractivity contribution in [3.63, 3.8) is 0 Å². The molecule has 0 atom stereocenters. The van der Waals surface area contributed by atoms with Crippen LogP contribution in [0.1, 0.15) is 17.3 Å². The lowest BCUT2D eigenvalue weighted by atomic mass is 10.2. The molecule has 0 saturated carbocycles. The van der Waals surface area contributed by atoms with E-state index in [1.54, 1.807) is 12.1 Å². The van der Waals surface area contributed by atoms with Crippen molar-refractivity contribution >= 4 is 31.6 Å². The van der Waals surface area contributed by atoms with Gasteiger partial charge in [0, 0.05) is 30.9 Å². The second-order valence-corrected chi connectivity index (χ2v) is 10.9. The van der Waals surface area contributed by atoms with E-state index < -0.39 is 26.0 Å². The zero-order chi connectivity index (χ0) is 23.9. The van der Waals surface area contributed by atoms with Crippen LogP contribution in [0, 0.1) is 0 Å². The van der Waals surface area contributed by atoms with Crippen LogP contribution in [0.3, 0.4) is 0 Å². The van der Waals surface area contributed by atoms with Crippen molar-refractivity contribution in [2.45, 2.75) is 11.8 Å². The Morgan fingerprint density at radius 3 is 2.24 bits per heavy atom. The van der Waals surface area contributed by atoms with Crippen LogP contribution in [0.25, 0.3) is 0 Å². The molecule has 1 heterocycles. The number of anilines is 1. The van der Waals surface area contributed by atoms with Crippen molar-refractivity contribution < 1.29 is 31.1 Å². The van der Waals surface area contributed by atoms with Crippen LogP contribution in [0.4, 0.5) is 5.69 Å². The van der Waals surface area contributed by atoms with Gasteiger partial charge in [-0.05, 0) is 55.5 Å². The normalized spacial score (nSPS) is 15.1. The number of rotatable bonds is 10. The second-order valence-electron chi connectivity index (χ2n) is 7.17. The maximum Gasteiger partial charge on any atom is 0.261 e. The zero-order valence-corrected chi connectivity index (χ0v) is 19.8. The molecule has 2 aromatic carbocycles. The van der Waals surface area contributed by atoms with Gasteiger partial charge in [0.05, 0.1) is 30.5 Å². The number of hydrogen-bond donors (Lipinski definition) is 2. The molecule has 1 amide bonds. The molecule has 0 unspecified atom stereocenters. The lowest BCUT2D eigenvalue weighted by Crippen LogP contribution is -2.43. The summed E-state index contributed by atoms with van der Waals surface area (Å²) < 4.78 is 64.0.